The molecule has 1 N–H and O–H groups in total. The third-order valence-corrected chi connectivity index (χ3v) is 7.76. The van der Waals surface area contributed by atoms with Gasteiger partial charge in [-0.2, -0.15) is 5.43 Å². The topological polar surface area (TPSA) is 55.9 Å². The van der Waals surface area contributed by atoms with E-state index in [-0.39, 0.29) is 23.2 Å². The summed E-state index contributed by atoms with van der Waals surface area (Å²) in [6, 6.07) is 12.2. The van der Waals surface area contributed by atoms with Crippen molar-refractivity contribution in [3.63, 3.8) is 0 Å². The Balaban J connectivity index is 1.44. The summed E-state index contributed by atoms with van der Waals surface area (Å²) in [5.41, 5.74) is 5.57. The quantitative estimate of drug-likeness (QED) is 0.836. The van der Waals surface area contributed by atoms with Crippen LogP contribution in [-0.2, 0) is 17.9 Å². The van der Waals surface area contributed by atoms with E-state index in [2.05, 4.69) is 11.5 Å². The molecule has 3 aliphatic rings. The first-order valence-corrected chi connectivity index (χ1v) is 11.4. The van der Waals surface area contributed by atoms with Gasteiger partial charge in [0.05, 0.1) is 19.1 Å². The zero-order valence-electron chi connectivity index (χ0n) is 15.6. The number of fused-ring (bicyclic) bond motifs is 3. The molecule has 4 heterocycles. The van der Waals surface area contributed by atoms with E-state index in [1.54, 1.807) is 28.1 Å². The van der Waals surface area contributed by atoms with Crippen molar-refractivity contribution in [1.29, 1.82) is 0 Å². The number of hydrogen-bond acceptors (Lipinski definition) is 5. The molecule has 1 aromatic carbocycles. The van der Waals surface area contributed by atoms with Gasteiger partial charge >= 0.3 is 6.03 Å². The van der Waals surface area contributed by atoms with Crippen molar-refractivity contribution in [2.75, 3.05) is 5.75 Å². The van der Waals surface area contributed by atoms with Gasteiger partial charge in [-0.25, -0.2) is 4.79 Å². The lowest BCUT2D eigenvalue weighted by atomic mass is 10.1. The summed E-state index contributed by atoms with van der Waals surface area (Å²) in [5.74, 6) is 1.06. The van der Waals surface area contributed by atoms with E-state index in [1.807, 2.05) is 52.4 Å². The third kappa shape index (κ3) is 3.00. The molecule has 1 aromatic heterocycles. The van der Waals surface area contributed by atoms with Crippen molar-refractivity contribution in [3.8, 4) is 0 Å². The Labute approximate surface area is 172 Å². The molecule has 8 heteroatoms. The van der Waals surface area contributed by atoms with Gasteiger partial charge in [-0.15, -0.1) is 23.1 Å². The Morgan fingerprint density at radius 3 is 2.86 bits per heavy atom. The predicted octanol–water partition coefficient (Wildman–Crippen LogP) is 3.00. The average molecular weight is 415 g/mol. The summed E-state index contributed by atoms with van der Waals surface area (Å²) in [7, 11) is 0. The number of hydrazine groups is 1. The number of thiophene rings is 1. The number of benzene rings is 1. The van der Waals surface area contributed by atoms with Gasteiger partial charge in [0, 0.05) is 4.88 Å². The maximum atomic E-state index is 13.3. The van der Waals surface area contributed by atoms with Crippen LogP contribution in [0.3, 0.4) is 0 Å². The molecule has 5 rings (SSSR count). The molecule has 3 saturated heterocycles. The second-order valence-electron chi connectivity index (χ2n) is 7.46. The summed E-state index contributed by atoms with van der Waals surface area (Å²) in [5, 5.41) is 3.53. The van der Waals surface area contributed by atoms with Gasteiger partial charge in [0.25, 0.3) is 0 Å². The third-order valence-electron chi connectivity index (χ3n) is 5.56. The highest BCUT2D eigenvalue weighted by Crippen LogP contribution is 2.40. The van der Waals surface area contributed by atoms with Crippen LogP contribution in [0.4, 0.5) is 4.79 Å². The number of nitrogens with one attached hydrogen (secondary N) is 1. The van der Waals surface area contributed by atoms with E-state index in [0.717, 1.165) is 22.6 Å². The molecule has 6 nitrogen and oxygen atoms in total. The number of urea groups is 1. The normalized spacial score (nSPS) is 26.8. The second-order valence-corrected chi connectivity index (χ2v) is 9.74. The summed E-state index contributed by atoms with van der Waals surface area (Å²) in [6.45, 7) is 3.06. The van der Waals surface area contributed by atoms with Crippen LogP contribution in [0.25, 0.3) is 0 Å². The van der Waals surface area contributed by atoms with Crippen LogP contribution in [0, 0.1) is 6.92 Å². The maximum Gasteiger partial charge on any atom is 0.337 e. The van der Waals surface area contributed by atoms with Crippen molar-refractivity contribution in [2.45, 2.75) is 44.0 Å². The van der Waals surface area contributed by atoms with Gasteiger partial charge in [-0.05, 0) is 36.1 Å². The van der Waals surface area contributed by atoms with Crippen molar-refractivity contribution >= 4 is 35.0 Å². The van der Waals surface area contributed by atoms with Crippen LogP contribution in [-0.4, -0.2) is 50.1 Å². The summed E-state index contributed by atoms with van der Waals surface area (Å²) in [4.78, 5) is 31.3. The van der Waals surface area contributed by atoms with Crippen molar-refractivity contribution in [3.05, 3.63) is 57.8 Å². The first-order chi connectivity index (χ1) is 13.6. The smallest absolute Gasteiger partial charge is 0.302 e. The van der Waals surface area contributed by atoms with E-state index in [4.69, 9.17) is 0 Å². The molecule has 0 saturated carbocycles. The number of rotatable bonds is 4. The van der Waals surface area contributed by atoms with Crippen molar-refractivity contribution in [1.82, 2.24) is 20.2 Å². The lowest BCUT2D eigenvalue weighted by Gasteiger charge is -2.44. The first-order valence-electron chi connectivity index (χ1n) is 9.48. The van der Waals surface area contributed by atoms with Crippen LogP contribution in [0.5, 0.6) is 0 Å². The molecule has 3 aliphatic heterocycles. The molecule has 0 aliphatic carbocycles. The minimum Gasteiger partial charge on any atom is -0.302 e. The highest BCUT2D eigenvalue weighted by Gasteiger charge is 2.55. The van der Waals surface area contributed by atoms with Crippen LogP contribution in [0.1, 0.15) is 22.4 Å². The number of amides is 3. The minimum absolute atomic E-state index is 0.0235. The molecular formula is C20H22N4O2S2. The lowest BCUT2D eigenvalue weighted by Crippen LogP contribution is -2.65. The summed E-state index contributed by atoms with van der Waals surface area (Å²) in [6.07, 6.45) is 0.461. The number of hydrogen-bond donors (Lipinski definition) is 1. The molecule has 0 spiro atoms. The Morgan fingerprint density at radius 2 is 2.07 bits per heavy atom. The molecule has 3 unspecified atom stereocenters. The summed E-state index contributed by atoms with van der Waals surface area (Å²) < 4.78 is 0. The van der Waals surface area contributed by atoms with Gasteiger partial charge < -0.3 is 4.90 Å². The van der Waals surface area contributed by atoms with E-state index >= 15 is 0 Å². The highest BCUT2D eigenvalue weighted by atomic mass is 32.2. The fraction of sp³-hybridized carbons (Fsp3) is 0.400. The van der Waals surface area contributed by atoms with Crippen molar-refractivity contribution in [2.24, 2.45) is 0 Å². The van der Waals surface area contributed by atoms with E-state index in [0.29, 0.717) is 13.1 Å². The van der Waals surface area contributed by atoms with E-state index in [9.17, 15) is 9.59 Å². The predicted molar refractivity (Wildman–Crippen MR) is 110 cm³/mol. The largest absolute Gasteiger partial charge is 0.337 e. The SMILES string of the molecule is Cc1cccc(CN2NC3N(Cc4cccs4)C(=O)C4SCCC4N3C2=O)c1. The van der Waals surface area contributed by atoms with E-state index < -0.39 is 6.29 Å². The highest BCUT2D eigenvalue weighted by molar-refractivity contribution is 8.00. The van der Waals surface area contributed by atoms with E-state index in [1.165, 1.54) is 5.56 Å². The van der Waals surface area contributed by atoms with Gasteiger partial charge in [-0.1, -0.05) is 35.9 Å². The zero-order chi connectivity index (χ0) is 19.3. The van der Waals surface area contributed by atoms with Gasteiger partial charge in [-0.3, -0.25) is 14.7 Å². The second kappa shape index (κ2) is 7.09. The molecule has 0 bridgehead atoms. The maximum absolute atomic E-state index is 13.3. The van der Waals surface area contributed by atoms with Crippen molar-refractivity contribution < 1.29 is 9.59 Å². The number of thioether (sulfide) groups is 1. The fourth-order valence-corrected chi connectivity index (χ4v) is 6.37. The number of carbonyl (C=O) groups excluding carboxylic acids is 2. The molecular weight excluding hydrogens is 392 g/mol. The monoisotopic (exact) mass is 414 g/mol. The van der Waals surface area contributed by atoms with Gasteiger partial charge in [0.2, 0.25) is 5.91 Å². The van der Waals surface area contributed by atoms with Crippen LogP contribution >= 0.6 is 23.1 Å². The molecule has 3 atom stereocenters. The molecule has 3 amide bonds. The minimum atomic E-state index is -0.410. The number of carbonyl (C=O) groups is 2. The summed E-state index contributed by atoms with van der Waals surface area (Å²) >= 11 is 3.32. The lowest BCUT2D eigenvalue weighted by molar-refractivity contribution is -0.145. The van der Waals surface area contributed by atoms with Crippen LogP contribution < -0.4 is 5.43 Å². The standard InChI is InChI=1S/C20H22N4O2S2/c1-13-4-2-5-14(10-13)11-23-20(26)24-16-7-9-28-17(16)18(25)22(19(24)21-23)12-15-6-3-8-27-15/h2-6,8,10,16-17,19,21H,7,9,11-12H2,1H3. The molecule has 146 valence electrons. The number of nitrogens with zero attached hydrogens (tertiary/aromatic N) is 3. The molecule has 28 heavy (non-hydrogen) atoms. The van der Waals surface area contributed by atoms with Gasteiger partial charge in [0.15, 0.2) is 6.29 Å². The Kier molecular flexibility index (Phi) is 4.57. The fourth-order valence-electron chi connectivity index (χ4n) is 4.27. The Morgan fingerprint density at radius 1 is 1.18 bits per heavy atom. The Bertz CT molecular complexity index is 903. The van der Waals surface area contributed by atoms with Crippen LogP contribution in [0.15, 0.2) is 41.8 Å². The molecule has 3 fully saturated rings. The van der Waals surface area contributed by atoms with Gasteiger partial charge in [0.1, 0.15) is 5.25 Å². The average Bonchev–Trinajstić information content (AvgIpc) is 3.40. The zero-order valence-corrected chi connectivity index (χ0v) is 17.2. The molecule has 2 aromatic rings. The van der Waals surface area contributed by atoms with Crippen LogP contribution in [0.2, 0.25) is 0 Å². The first kappa shape index (κ1) is 18.0. The molecule has 0 radical (unpaired) electrons. The number of aryl methyl sites for hydroxylation is 1. The Hall–Kier alpha value is -2.03.